The summed E-state index contributed by atoms with van der Waals surface area (Å²) in [5.74, 6) is 0.783. The predicted molar refractivity (Wildman–Crippen MR) is 58.4 cm³/mol. The molecular weight excluding hydrogens is 174 g/mol. The van der Waals surface area contributed by atoms with Crippen LogP contribution in [0, 0.1) is 5.92 Å². The average Bonchev–Trinajstić information content (AvgIpc) is 2.29. The summed E-state index contributed by atoms with van der Waals surface area (Å²) in [5, 5.41) is 3.71. The molecule has 82 valence electrons. The topological polar surface area (TPSA) is 21.3 Å². The van der Waals surface area contributed by atoms with Crippen molar-refractivity contribution in [3.63, 3.8) is 0 Å². The monoisotopic (exact) mass is 197 g/mol. The first-order valence-electron chi connectivity index (χ1n) is 6.26. The van der Waals surface area contributed by atoms with E-state index in [0.29, 0.717) is 0 Å². The lowest BCUT2D eigenvalue weighted by atomic mass is 9.94. The van der Waals surface area contributed by atoms with Crippen LogP contribution in [0.2, 0.25) is 0 Å². The van der Waals surface area contributed by atoms with Crippen LogP contribution in [-0.2, 0) is 4.74 Å². The van der Waals surface area contributed by atoms with Crippen LogP contribution >= 0.6 is 0 Å². The van der Waals surface area contributed by atoms with Gasteiger partial charge < -0.3 is 10.1 Å². The third-order valence-electron chi connectivity index (χ3n) is 3.55. The van der Waals surface area contributed by atoms with E-state index in [-0.39, 0.29) is 0 Å². The van der Waals surface area contributed by atoms with Crippen LogP contribution in [0.5, 0.6) is 0 Å². The van der Waals surface area contributed by atoms with E-state index in [1.54, 1.807) is 0 Å². The lowest BCUT2D eigenvalue weighted by molar-refractivity contribution is 0.0533. The standard InChI is InChI=1S/C12H23NO/c1-2-6-12(7-3-1)13-9-11-5-4-8-14-10-11/h11-13H,1-10H2. The van der Waals surface area contributed by atoms with Gasteiger partial charge in [0.25, 0.3) is 0 Å². The first-order chi connectivity index (χ1) is 6.95. The molecule has 0 aromatic heterocycles. The summed E-state index contributed by atoms with van der Waals surface area (Å²) in [5.41, 5.74) is 0. The van der Waals surface area contributed by atoms with Crippen molar-refractivity contribution in [2.24, 2.45) is 5.92 Å². The summed E-state index contributed by atoms with van der Waals surface area (Å²) in [6.45, 7) is 3.16. The molecule has 1 atom stereocenters. The van der Waals surface area contributed by atoms with Crippen molar-refractivity contribution in [3.05, 3.63) is 0 Å². The van der Waals surface area contributed by atoms with Crippen LogP contribution < -0.4 is 5.32 Å². The van der Waals surface area contributed by atoms with Gasteiger partial charge in [-0.05, 0) is 31.6 Å². The van der Waals surface area contributed by atoms with Crippen LogP contribution in [0.15, 0.2) is 0 Å². The van der Waals surface area contributed by atoms with Crippen molar-refractivity contribution in [2.45, 2.75) is 51.0 Å². The Kier molecular flexibility index (Phi) is 4.26. The van der Waals surface area contributed by atoms with Crippen molar-refractivity contribution in [1.82, 2.24) is 5.32 Å². The number of nitrogens with one attached hydrogen (secondary N) is 1. The first-order valence-corrected chi connectivity index (χ1v) is 6.26. The molecular formula is C12H23NO. The Labute approximate surface area is 87.4 Å². The molecule has 0 amide bonds. The van der Waals surface area contributed by atoms with E-state index >= 15 is 0 Å². The Morgan fingerprint density at radius 1 is 1.00 bits per heavy atom. The molecule has 1 unspecified atom stereocenters. The maximum absolute atomic E-state index is 5.48. The number of hydrogen-bond acceptors (Lipinski definition) is 2. The maximum Gasteiger partial charge on any atom is 0.0506 e. The van der Waals surface area contributed by atoms with Gasteiger partial charge in [0.1, 0.15) is 0 Å². The highest BCUT2D eigenvalue weighted by atomic mass is 16.5. The summed E-state index contributed by atoms with van der Waals surface area (Å²) >= 11 is 0. The largest absolute Gasteiger partial charge is 0.381 e. The summed E-state index contributed by atoms with van der Waals surface area (Å²) in [6, 6.07) is 0.811. The minimum atomic E-state index is 0.783. The van der Waals surface area contributed by atoms with E-state index in [1.807, 2.05) is 0 Å². The molecule has 0 spiro atoms. The highest BCUT2D eigenvalue weighted by molar-refractivity contribution is 4.74. The Morgan fingerprint density at radius 2 is 1.86 bits per heavy atom. The van der Waals surface area contributed by atoms with Crippen molar-refractivity contribution >= 4 is 0 Å². The lowest BCUT2D eigenvalue weighted by Crippen LogP contribution is -2.37. The highest BCUT2D eigenvalue weighted by Gasteiger charge is 2.17. The molecule has 2 fully saturated rings. The number of hydrogen-bond donors (Lipinski definition) is 1. The molecule has 0 aromatic carbocycles. The molecule has 1 saturated heterocycles. The van der Waals surface area contributed by atoms with Crippen LogP contribution in [0.25, 0.3) is 0 Å². The second-order valence-corrected chi connectivity index (χ2v) is 4.83. The van der Waals surface area contributed by atoms with Crippen LogP contribution in [0.4, 0.5) is 0 Å². The third-order valence-corrected chi connectivity index (χ3v) is 3.55. The average molecular weight is 197 g/mol. The molecule has 0 aromatic rings. The predicted octanol–water partition coefficient (Wildman–Crippen LogP) is 2.34. The van der Waals surface area contributed by atoms with E-state index in [4.69, 9.17) is 4.74 Å². The van der Waals surface area contributed by atoms with Crippen molar-refractivity contribution in [1.29, 1.82) is 0 Å². The van der Waals surface area contributed by atoms with E-state index in [1.165, 1.54) is 51.5 Å². The summed E-state index contributed by atoms with van der Waals surface area (Å²) in [4.78, 5) is 0. The zero-order valence-electron chi connectivity index (χ0n) is 9.13. The van der Waals surface area contributed by atoms with E-state index in [9.17, 15) is 0 Å². The molecule has 14 heavy (non-hydrogen) atoms. The SMILES string of the molecule is C1CCC(NCC2CCCOC2)CC1. The fraction of sp³-hybridized carbons (Fsp3) is 1.00. The quantitative estimate of drug-likeness (QED) is 0.750. The van der Waals surface area contributed by atoms with Crippen molar-refractivity contribution in [3.8, 4) is 0 Å². The minimum Gasteiger partial charge on any atom is -0.381 e. The highest BCUT2D eigenvalue weighted by Crippen LogP contribution is 2.18. The Hall–Kier alpha value is -0.0800. The van der Waals surface area contributed by atoms with E-state index in [0.717, 1.165) is 25.2 Å². The van der Waals surface area contributed by atoms with Crippen molar-refractivity contribution in [2.75, 3.05) is 19.8 Å². The van der Waals surface area contributed by atoms with Crippen LogP contribution in [-0.4, -0.2) is 25.8 Å². The third kappa shape index (κ3) is 3.25. The molecule has 2 rings (SSSR count). The van der Waals surface area contributed by atoms with Gasteiger partial charge in [-0.3, -0.25) is 0 Å². The van der Waals surface area contributed by atoms with Crippen LogP contribution in [0.3, 0.4) is 0 Å². The normalized spacial score (nSPS) is 30.4. The smallest absolute Gasteiger partial charge is 0.0506 e. The fourth-order valence-electron chi connectivity index (χ4n) is 2.61. The Balaban J connectivity index is 1.60. The summed E-state index contributed by atoms with van der Waals surface area (Å²) in [6.07, 6.45) is 9.72. The molecule has 0 bridgehead atoms. The second kappa shape index (κ2) is 5.72. The Bertz CT molecular complexity index is 130. The second-order valence-electron chi connectivity index (χ2n) is 4.83. The van der Waals surface area contributed by atoms with Gasteiger partial charge in [-0.15, -0.1) is 0 Å². The van der Waals surface area contributed by atoms with Crippen LogP contribution in [0.1, 0.15) is 44.9 Å². The zero-order chi connectivity index (χ0) is 9.64. The maximum atomic E-state index is 5.48. The molecule has 2 nitrogen and oxygen atoms in total. The first kappa shape index (κ1) is 10.4. The van der Waals surface area contributed by atoms with Gasteiger partial charge >= 0.3 is 0 Å². The van der Waals surface area contributed by atoms with Gasteiger partial charge in [-0.1, -0.05) is 19.3 Å². The van der Waals surface area contributed by atoms with Gasteiger partial charge in [0.15, 0.2) is 0 Å². The number of ether oxygens (including phenoxy) is 1. The molecule has 1 saturated carbocycles. The zero-order valence-corrected chi connectivity index (χ0v) is 9.13. The molecule has 1 aliphatic carbocycles. The van der Waals surface area contributed by atoms with Gasteiger partial charge in [-0.2, -0.15) is 0 Å². The fourth-order valence-corrected chi connectivity index (χ4v) is 2.61. The molecule has 1 N–H and O–H groups in total. The Morgan fingerprint density at radius 3 is 2.57 bits per heavy atom. The molecule has 0 radical (unpaired) electrons. The van der Waals surface area contributed by atoms with Crippen molar-refractivity contribution < 1.29 is 4.74 Å². The minimum absolute atomic E-state index is 0.783. The van der Waals surface area contributed by atoms with Gasteiger partial charge in [-0.25, -0.2) is 0 Å². The number of rotatable bonds is 3. The van der Waals surface area contributed by atoms with Gasteiger partial charge in [0.2, 0.25) is 0 Å². The molecule has 1 heterocycles. The lowest BCUT2D eigenvalue weighted by Gasteiger charge is -2.27. The molecule has 2 aliphatic rings. The molecule has 2 heteroatoms. The van der Waals surface area contributed by atoms with E-state index in [2.05, 4.69) is 5.32 Å². The van der Waals surface area contributed by atoms with E-state index < -0.39 is 0 Å². The van der Waals surface area contributed by atoms with Gasteiger partial charge in [0, 0.05) is 19.2 Å². The summed E-state index contributed by atoms with van der Waals surface area (Å²) in [7, 11) is 0. The molecule has 1 aliphatic heterocycles. The van der Waals surface area contributed by atoms with Gasteiger partial charge in [0.05, 0.1) is 6.61 Å². The summed E-state index contributed by atoms with van der Waals surface area (Å²) < 4.78 is 5.48.